The Hall–Kier alpha value is -1.37. The topological polar surface area (TPSA) is 45.0 Å². The first-order chi connectivity index (χ1) is 9.83. The molecular formula is C17H24N2O. The lowest BCUT2D eigenvalue weighted by Gasteiger charge is -2.20. The van der Waals surface area contributed by atoms with Gasteiger partial charge in [0.05, 0.1) is 12.7 Å². The summed E-state index contributed by atoms with van der Waals surface area (Å²) < 4.78 is 5.11. The number of benzene rings is 1. The van der Waals surface area contributed by atoms with Crippen LogP contribution in [-0.4, -0.2) is 13.2 Å². The Balaban J connectivity index is 1.98. The third-order valence-corrected chi connectivity index (χ3v) is 4.01. The Bertz CT molecular complexity index is 427. The molecule has 0 radical (unpaired) electrons. The number of hydrogen-bond acceptors (Lipinski definition) is 3. The van der Waals surface area contributed by atoms with Gasteiger partial charge in [0.15, 0.2) is 0 Å². The maximum atomic E-state index is 9.42. The molecule has 1 unspecified atom stereocenters. The average Bonchev–Trinajstić information content (AvgIpc) is 2.75. The van der Waals surface area contributed by atoms with Gasteiger partial charge in [-0.25, -0.2) is 0 Å². The van der Waals surface area contributed by atoms with Crippen LogP contribution in [0.2, 0.25) is 0 Å². The molecule has 0 aromatic heterocycles. The molecule has 0 amide bonds. The van der Waals surface area contributed by atoms with E-state index < -0.39 is 0 Å². The Labute approximate surface area is 121 Å². The second-order valence-electron chi connectivity index (χ2n) is 5.59. The summed E-state index contributed by atoms with van der Waals surface area (Å²) in [5.41, 5.74) is 2.19. The zero-order valence-electron chi connectivity index (χ0n) is 12.3. The number of hydrogen-bond donors (Lipinski definition) is 1. The van der Waals surface area contributed by atoms with Gasteiger partial charge in [0.2, 0.25) is 0 Å². The van der Waals surface area contributed by atoms with E-state index in [-0.39, 0.29) is 6.04 Å². The van der Waals surface area contributed by atoms with E-state index in [1.807, 2.05) is 24.3 Å². The first-order valence-electron chi connectivity index (χ1n) is 7.57. The van der Waals surface area contributed by atoms with Gasteiger partial charge < -0.3 is 4.74 Å². The molecule has 1 fully saturated rings. The number of methoxy groups -OCH3 is 1. The fourth-order valence-corrected chi connectivity index (χ4v) is 2.86. The Morgan fingerprint density at radius 2 is 1.85 bits per heavy atom. The average molecular weight is 272 g/mol. The number of ether oxygens (including phenoxy) is 1. The SMILES string of the molecule is COCc1ccc(C(C#N)NC2CCCCCC2)cc1. The lowest BCUT2D eigenvalue weighted by molar-refractivity contribution is 0.185. The number of nitrogens with one attached hydrogen (secondary N) is 1. The monoisotopic (exact) mass is 272 g/mol. The van der Waals surface area contributed by atoms with Crippen LogP contribution < -0.4 is 5.32 Å². The van der Waals surface area contributed by atoms with Crippen molar-refractivity contribution in [2.24, 2.45) is 0 Å². The van der Waals surface area contributed by atoms with Gasteiger partial charge in [-0.3, -0.25) is 5.32 Å². The molecule has 1 aromatic carbocycles. The van der Waals surface area contributed by atoms with E-state index in [2.05, 4.69) is 11.4 Å². The summed E-state index contributed by atoms with van der Waals surface area (Å²) in [7, 11) is 1.69. The molecule has 1 aliphatic carbocycles. The van der Waals surface area contributed by atoms with Crippen molar-refractivity contribution in [3.63, 3.8) is 0 Å². The van der Waals surface area contributed by atoms with Crippen molar-refractivity contribution in [3.8, 4) is 6.07 Å². The lowest BCUT2D eigenvalue weighted by atomic mass is 10.0. The van der Waals surface area contributed by atoms with Crippen LogP contribution in [0.1, 0.15) is 55.7 Å². The van der Waals surface area contributed by atoms with Gasteiger partial charge in [0, 0.05) is 13.2 Å². The maximum absolute atomic E-state index is 9.42. The Morgan fingerprint density at radius 1 is 1.20 bits per heavy atom. The van der Waals surface area contributed by atoms with E-state index in [0.717, 1.165) is 11.1 Å². The summed E-state index contributed by atoms with van der Waals surface area (Å²) in [5.74, 6) is 0. The second-order valence-corrected chi connectivity index (χ2v) is 5.59. The van der Waals surface area contributed by atoms with Crippen molar-refractivity contribution in [1.29, 1.82) is 5.26 Å². The summed E-state index contributed by atoms with van der Waals surface area (Å²) in [6.45, 7) is 0.619. The van der Waals surface area contributed by atoms with Crippen molar-refractivity contribution < 1.29 is 4.74 Å². The van der Waals surface area contributed by atoms with E-state index >= 15 is 0 Å². The molecule has 1 saturated carbocycles. The van der Waals surface area contributed by atoms with Gasteiger partial charge >= 0.3 is 0 Å². The van der Waals surface area contributed by atoms with Crippen LogP contribution >= 0.6 is 0 Å². The van der Waals surface area contributed by atoms with Crippen molar-refractivity contribution in [1.82, 2.24) is 5.32 Å². The normalized spacial score (nSPS) is 18.2. The Morgan fingerprint density at radius 3 is 2.40 bits per heavy atom. The molecule has 1 aromatic rings. The number of nitriles is 1. The molecule has 3 heteroatoms. The minimum absolute atomic E-state index is 0.199. The first kappa shape index (κ1) is 15.0. The predicted molar refractivity (Wildman–Crippen MR) is 80.1 cm³/mol. The van der Waals surface area contributed by atoms with E-state index in [1.54, 1.807) is 7.11 Å². The first-order valence-corrected chi connectivity index (χ1v) is 7.57. The van der Waals surface area contributed by atoms with Crippen molar-refractivity contribution >= 4 is 0 Å². The van der Waals surface area contributed by atoms with E-state index in [9.17, 15) is 5.26 Å². The fraction of sp³-hybridized carbons (Fsp3) is 0.588. The van der Waals surface area contributed by atoms with E-state index in [0.29, 0.717) is 12.6 Å². The van der Waals surface area contributed by atoms with Gasteiger partial charge in [-0.1, -0.05) is 49.9 Å². The minimum atomic E-state index is -0.199. The summed E-state index contributed by atoms with van der Waals surface area (Å²) >= 11 is 0. The highest BCUT2D eigenvalue weighted by molar-refractivity contribution is 5.28. The molecule has 1 N–H and O–H groups in total. The zero-order valence-corrected chi connectivity index (χ0v) is 12.3. The molecule has 2 rings (SSSR count). The largest absolute Gasteiger partial charge is 0.380 e. The van der Waals surface area contributed by atoms with Gasteiger partial charge in [-0.2, -0.15) is 5.26 Å². The lowest BCUT2D eigenvalue weighted by Crippen LogP contribution is -2.31. The third-order valence-electron chi connectivity index (χ3n) is 4.01. The van der Waals surface area contributed by atoms with Gasteiger partial charge in [-0.15, -0.1) is 0 Å². The molecule has 0 heterocycles. The van der Waals surface area contributed by atoms with E-state index in [1.165, 1.54) is 38.5 Å². The highest BCUT2D eigenvalue weighted by atomic mass is 16.5. The molecule has 0 saturated heterocycles. The van der Waals surface area contributed by atoms with Gasteiger partial charge in [0.1, 0.15) is 6.04 Å². The van der Waals surface area contributed by atoms with Crippen LogP contribution in [0.5, 0.6) is 0 Å². The molecule has 1 atom stereocenters. The Kier molecular flexibility index (Phi) is 6.04. The van der Waals surface area contributed by atoms with E-state index in [4.69, 9.17) is 4.74 Å². The molecule has 0 spiro atoms. The highest BCUT2D eigenvalue weighted by Crippen LogP contribution is 2.21. The molecule has 108 valence electrons. The van der Waals surface area contributed by atoms with Crippen LogP contribution in [0, 0.1) is 11.3 Å². The summed E-state index contributed by atoms with van der Waals surface area (Å²) in [6, 6.07) is 10.8. The smallest absolute Gasteiger partial charge is 0.121 e. The standard InChI is InChI=1S/C17H24N2O/c1-20-13-14-8-10-15(11-9-14)17(12-18)19-16-6-4-2-3-5-7-16/h8-11,16-17,19H,2-7,13H2,1H3. The third kappa shape index (κ3) is 4.33. The van der Waals surface area contributed by atoms with Crippen LogP contribution in [0.3, 0.4) is 0 Å². The number of nitrogens with zero attached hydrogens (tertiary/aromatic N) is 1. The second kappa shape index (κ2) is 8.04. The molecule has 0 bridgehead atoms. The number of rotatable bonds is 5. The van der Waals surface area contributed by atoms with Crippen LogP contribution in [-0.2, 0) is 11.3 Å². The van der Waals surface area contributed by atoms with Crippen molar-refractivity contribution in [3.05, 3.63) is 35.4 Å². The molecule has 3 nitrogen and oxygen atoms in total. The van der Waals surface area contributed by atoms with Crippen LogP contribution in [0.15, 0.2) is 24.3 Å². The van der Waals surface area contributed by atoms with Gasteiger partial charge in [-0.05, 0) is 24.0 Å². The van der Waals surface area contributed by atoms with Crippen molar-refractivity contribution in [2.75, 3.05) is 7.11 Å². The quantitative estimate of drug-likeness (QED) is 0.831. The predicted octanol–water partition coefficient (Wildman–Crippen LogP) is 3.71. The maximum Gasteiger partial charge on any atom is 0.121 e. The molecular weight excluding hydrogens is 248 g/mol. The van der Waals surface area contributed by atoms with Crippen LogP contribution in [0.4, 0.5) is 0 Å². The van der Waals surface area contributed by atoms with Crippen LogP contribution in [0.25, 0.3) is 0 Å². The highest BCUT2D eigenvalue weighted by Gasteiger charge is 2.17. The summed E-state index contributed by atoms with van der Waals surface area (Å²) in [5, 5.41) is 12.9. The van der Waals surface area contributed by atoms with Crippen molar-refractivity contribution in [2.45, 2.75) is 57.2 Å². The molecule has 1 aliphatic rings. The van der Waals surface area contributed by atoms with Gasteiger partial charge in [0.25, 0.3) is 0 Å². The minimum Gasteiger partial charge on any atom is -0.380 e. The summed E-state index contributed by atoms with van der Waals surface area (Å²) in [6.07, 6.45) is 7.62. The summed E-state index contributed by atoms with van der Waals surface area (Å²) in [4.78, 5) is 0. The zero-order chi connectivity index (χ0) is 14.2. The fourth-order valence-electron chi connectivity index (χ4n) is 2.86. The molecule has 20 heavy (non-hydrogen) atoms. The molecule has 0 aliphatic heterocycles.